The Morgan fingerprint density at radius 2 is 1.41 bits per heavy atom. The van der Waals surface area contributed by atoms with Crippen molar-refractivity contribution in [2.24, 2.45) is 11.8 Å². The van der Waals surface area contributed by atoms with Crippen LogP contribution in [0.2, 0.25) is 0 Å². The fourth-order valence-electron chi connectivity index (χ4n) is 4.34. The Balaban J connectivity index is 1.76. The third kappa shape index (κ3) is 2.53. The second-order valence-corrected chi connectivity index (χ2v) is 6.44. The zero-order valence-corrected chi connectivity index (χ0v) is 11.3. The smallest absolute Gasteiger partial charge is 0.0278 e. The molecular weight excluding hydrogens is 208 g/mol. The Bertz CT molecular complexity index is 253. The number of rotatable bonds is 1. The van der Waals surface area contributed by atoms with E-state index in [-0.39, 0.29) is 0 Å². The summed E-state index contributed by atoms with van der Waals surface area (Å²) in [7, 11) is 2.15. The van der Waals surface area contributed by atoms with Gasteiger partial charge in [-0.25, -0.2) is 5.01 Å². The Kier molecular flexibility index (Phi) is 3.72. The highest BCUT2D eigenvalue weighted by Gasteiger charge is 2.45. The molecule has 2 heteroatoms. The topological polar surface area (TPSA) is 15.3 Å². The average molecular weight is 236 g/mol. The molecule has 1 saturated heterocycles. The van der Waals surface area contributed by atoms with Crippen molar-refractivity contribution in [2.45, 2.75) is 76.3 Å². The molecule has 0 aromatic carbocycles. The minimum Gasteiger partial charge on any atom is -0.258 e. The predicted octanol–water partition coefficient (Wildman–Crippen LogP) is 3.33. The van der Waals surface area contributed by atoms with Crippen molar-refractivity contribution in [1.82, 2.24) is 10.4 Å². The van der Waals surface area contributed by atoms with Crippen LogP contribution in [0, 0.1) is 11.8 Å². The highest BCUT2D eigenvalue weighted by molar-refractivity contribution is 4.98. The lowest BCUT2D eigenvalue weighted by Crippen LogP contribution is -2.49. The Hall–Kier alpha value is -0.0800. The lowest BCUT2D eigenvalue weighted by Gasteiger charge is -2.36. The van der Waals surface area contributed by atoms with Crippen LogP contribution in [0.15, 0.2) is 0 Å². The van der Waals surface area contributed by atoms with Gasteiger partial charge in [0.1, 0.15) is 0 Å². The third-order valence-electron chi connectivity index (χ3n) is 5.38. The van der Waals surface area contributed by atoms with Crippen LogP contribution in [0.4, 0.5) is 0 Å². The second kappa shape index (κ2) is 5.27. The summed E-state index contributed by atoms with van der Waals surface area (Å²) < 4.78 is 0. The molecule has 1 aliphatic heterocycles. The van der Waals surface area contributed by atoms with E-state index in [1.54, 1.807) is 0 Å². The van der Waals surface area contributed by atoms with Crippen LogP contribution in [-0.2, 0) is 0 Å². The first-order valence-electron chi connectivity index (χ1n) is 7.86. The molecule has 0 spiro atoms. The zero-order valence-electron chi connectivity index (χ0n) is 11.3. The minimum atomic E-state index is 0.843. The SMILES string of the molecule is CNN1C2CCCCCC2CCCCC2CC21. The molecule has 0 radical (unpaired) electrons. The average Bonchev–Trinajstić information content (AvgIpc) is 3.11. The fourth-order valence-corrected chi connectivity index (χ4v) is 4.34. The van der Waals surface area contributed by atoms with Gasteiger partial charge in [0, 0.05) is 12.1 Å². The van der Waals surface area contributed by atoms with Gasteiger partial charge in [0.2, 0.25) is 0 Å². The number of hydrogen-bond acceptors (Lipinski definition) is 2. The molecule has 3 rings (SSSR count). The quantitative estimate of drug-likeness (QED) is 0.751. The maximum absolute atomic E-state index is 3.55. The highest BCUT2D eigenvalue weighted by atomic mass is 15.5. The van der Waals surface area contributed by atoms with Crippen LogP contribution in [0.25, 0.3) is 0 Å². The molecule has 0 aromatic rings. The first-order valence-corrected chi connectivity index (χ1v) is 7.86. The standard InChI is InChI=1S/C15H28N2/c1-16-17-14-10-4-2-3-7-12(14)8-5-6-9-13-11-15(13)17/h12-16H,2-11H2,1H3. The molecular formula is C15H28N2. The molecule has 4 unspecified atom stereocenters. The van der Waals surface area contributed by atoms with Crippen LogP contribution in [0.5, 0.6) is 0 Å². The van der Waals surface area contributed by atoms with Gasteiger partial charge >= 0.3 is 0 Å². The highest BCUT2D eigenvalue weighted by Crippen LogP contribution is 2.44. The minimum absolute atomic E-state index is 0.843. The lowest BCUT2D eigenvalue weighted by atomic mass is 9.89. The molecule has 0 aromatic heterocycles. The van der Waals surface area contributed by atoms with Crippen molar-refractivity contribution in [2.75, 3.05) is 7.05 Å². The molecule has 1 N–H and O–H groups in total. The van der Waals surface area contributed by atoms with E-state index in [1.165, 1.54) is 64.2 Å². The second-order valence-electron chi connectivity index (χ2n) is 6.44. The van der Waals surface area contributed by atoms with Gasteiger partial charge in [-0.15, -0.1) is 0 Å². The molecule has 0 amide bonds. The Morgan fingerprint density at radius 3 is 2.18 bits per heavy atom. The number of hydrogen-bond donors (Lipinski definition) is 1. The van der Waals surface area contributed by atoms with Gasteiger partial charge in [0.25, 0.3) is 0 Å². The summed E-state index contributed by atoms with van der Waals surface area (Å²) in [4.78, 5) is 0. The van der Waals surface area contributed by atoms with Crippen LogP contribution in [-0.4, -0.2) is 24.1 Å². The Morgan fingerprint density at radius 1 is 0.765 bits per heavy atom. The first kappa shape index (κ1) is 12.0. The molecule has 2 saturated carbocycles. The summed E-state index contributed by atoms with van der Waals surface area (Å²) in [6.07, 6.45) is 14.7. The summed E-state index contributed by atoms with van der Waals surface area (Å²) in [5.74, 6) is 1.99. The van der Waals surface area contributed by atoms with Crippen molar-refractivity contribution in [3.63, 3.8) is 0 Å². The van der Waals surface area contributed by atoms with Crippen molar-refractivity contribution >= 4 is 0 Å². The van der Waals surface area contributed by atoms with E-state index < -0.39 is 0 Å². The Labute approximate surface area is 106 Å². The van der Waals surface area contributed by atoms with E-state index in [1.807, 2.05) is 0 Å². The number of nitrogens with zero attached hydrogens (tertiary/aromatic N) is 1. The van der Waals surface area contributed by atoms with Gasteiger partial charge in [0.15, 0.2) is 0 Å². The van der Waals surface area contributed by atoms with E-state index in [0.29, 0.717) is 0 Å². The van der Waals surface area contributed by atoms with Gasteiger partial charge < -0.3 is 0 Å². The fraction of sp³-hybridized carbons (Fsp3) is 1.00. The summed E-state index contributed by atoms with van der Waals surface area (Å²) in [6.45, 7) is 0. The molecule has 4 atom stereocenters. The summed E-state index contributed by atoms with van der Waals surface area (Å²) in [5, 5.41) is 2.67. The van der Waals surface area contributed by atoms with Crippen molar-refractivity contribution in [3.05, 3.63) is 0 Å². The van der Waals surface area contributed by atoms with E-state index in [0.717, 1.165) is 23.9 Å². The number of fused-ring (bicyclic) bond motifs is 2. The van der Waals surface area contributed by atoms with Gasteiger partial charge in [-0.05, 0) is 51.0 Å². The molecule has 2 nitrogen and oxygen atoms in total. The monoisotopic (exact) mass is 236 g/mol. The number of hydrazine groups is 1. The molecule has 98 valence electrons. The zero-order chi connectivity index (χ0) is 11.7. The normalized spacial score (nSPS) is 43.6. The van der Waals surface area contributed by atoms with Crippen LogP contribution < -0.4 is 5.43 Å². The lowest BCUT2D eigenvalue weighted by molar-refractivity contribution is 0.0714. The predicted molar refractivity (Wildman–Crippen MR) is 71.6 cm³/mol. The van der Waals surface area contributed by atoms with E-state index in [4.69, 9.17) is 0 Å². The summed E-state index contributed by atoms with van der Waals surface area (Å²) in [5.41, 5.74) is 3.55. The summed E-state index contributed by atoms with van der Waals surface area (Å²) >= 11 is 0. The van der Waals surface area contributed by atoms with Gasteiger partial charge in [-0.2, -0.15) is 0 Å². The number of nitrogens with one attached hydrogen (secondary N) is 1. The third-order valence-corrected chi connectivity index (χ3v) is 5.38. The van der Waals surface area contributed by atoms with Crippen molar-refractivity contribution < 1.29 is 0 Å². The first-order chi connectivity index (χ1) is 8.40. The summed E-state index contributed by atoms with van der Waals surface area (Å²) in [6, 6.07) is 1.72. The van der Waals surface area contributed by atoms with Gasteiger partial charge in [0.05, 0.1) is 0 Å². The van der Waals surface area contributed by atoms with Gasteiger partial charge in [-0.1, -0.05) is 32.1 Å². The van der Waals surface area contributed by atoms with Gasteiger partial charge in [-0.3, -0.25) is 5.43 Å². The van der Waals surface area contributed by atoms with E-state index in [2.05, 4.69) is 17.5 Å². The molecule has 3 aliphatic rings. The van der Waals surface area contributed by atoms with Crippen molar-refractivity contribution in [1.29, 1.82) is 0 Å². The molecule has 3 fully saturated rings. The largest absolute Gasteiger partial charge is 0.258 e. The van der Waals surface area contributed by atoms with Crippen LogP contribution in [0.3, 0.4) is 0 Å². The van der Waals surface area contributed by atoms with E-state index >= 15 is 0 Å². The van der Waals surface area contributed by atoms with E-state index in [9.17, 15) is 0 Å². The van der Waals surface area contributed by atoms with Crippen LogP contribution >= 0.6 is 0 Å². The molecule has 1 heterocycles. The molecule has 0 bridgehead atoms. The maximum atomic E-state index is 3.55. The molecule has 17 heavy (non-hydrogen) atoms. The molecule has 2 aliphatic carbocycles. The van der Waals surface area contributed by atoms with Crippen molar-refractivity contribution in [3.8, 4) is 0 Å². The maximum Gasteiger partial charge on any atom is 0.0278 e. The van der Waals surface area contributed by atoms with Crippen LogP contribution in [0.1, 0.15) is 64.2 Å².